The van der Waals surface area contributed by atoms with Gasteiger partial charge in [0.2, 0.25) is 0 Å². The fourth-order valence-corrected chi connectivity index (χ4v) is 2.80. The summed E-state index contributed by atoms with van der Waals surface area (Å²) < 4.78 is 0. The number of hydrogen-bond donors (Lipinski definition) is 2. The summed E-state index contributed by atoms with van der Waals surface area (Å²) in [4.78, 5) is 5.71. The van der Waals surface area contributed by atoms with Crippen LogP contribution in [0.5, 0.6) is 0 Å². The number of benzene rings is 1. The van der Waals surface area contributed by atoms with Crippen LogP contribution in [0.2, 0.25) is 0 Å². The molecule has 2 rings (SSSR count). The van der Waals surface area contributed by atoms with Crippen LogP contribution in [0.3, 0.4) is 0 Å². The lowest BCUT2D eigenvalue weighted by atomic mass is 10.0. The van der Waals surface area contributed by atoms with E-state index in [1.165, 1.54) is 4.88 Å². The van der Waals surface area contributed by atoms with Crippen LogP contribution < -0.4 is 5.32 Å². The van der Waals surface area contributed by atoms with E-state index in [1.807, 2.05) is 31.2 Å². The maximum absolute atomic E-state index is 9.34. The molecule has 0 amide bonds. The molecule has 18 heavy (non-hydrogen) atoms. The van der Waals surface area contributed by atoms with Crippen molar-refractivity contribution in [1.29, 1.82) is 0 Å². The molecular formula is C14H18N2OS. The molecule has 1 aromatic heterocycles. The predicted molar refractivity (Wildman–Crippen MR) is 76.0 cm³/mol. The van der Waals surface area contributed by atoms with Crippen molar-refractivity contribution in [3.8, 4) is 0 Å². The Kier molecular flexibility index (Phi) is 3.99. The third-order valence-electron chi connectivity index (χ3n) is 3.06. The van der Waals surface area contributed by atoms with Crippen LogP contribution in [0.4, 0.5) is 5.13 Å². The second-order valence-electron chi connectivity index (χ2n) is 4.38. The van der Waals surface area contributed by atoms with Crippen LogP contribution in [0.25, 0.3) is 0 Å². The Labute approximate surface area is 112 Å². The number of nitrogens with zero attached hydrogens (tertiary/aromatic N) is 1. The SMILES string of the molecule is Cc1nc(NC(C)c2ccccc2CO)sc1C. The van der Waals surface area contributed by atoms with Gasteiger partial charge in [-0.05, 0) is 31.9 Å². The molecule has 2 N–H and O–H groups in total. The van der Waals surface area contributed by atoms with Gasteiger partial charge in [0.25, 0.3) is 0 Å². The molecule has 1 heterocycles. The van der Waals surface area contributed by atoms with Gasteiger partial charge in [0.15, 0.2) is 5.13 Å². The van der Waals surface area contributed by atoms with Gasteiger partial charge in [-0.3, -0.25) is 0 Å². The van der Waals surface area contributed by atoms with E-state index < -0.39 is 0 Å². The van der Waals surface area contributed by atoms with E-state index in [-0.39, 0.29) is 12.6 Å². The van der Waals surface area contributed by atoms with Crippen LogP contribution in [0.15, 0.2) is 24.3 Å². The van der Waals surface area contributed by atoms with Gasteiger partial charge < -0.3 is 10.4 Å². The first-order valence-corrected chi connectivity index (χ1v) is 6.82. The van der Waals surface area contributed by atoms with Gasteiger partial charge in [0.05, 0.1) is 18.3 Å². The van der Waals surface area contributed by atoms with E-state index in [0.717, 1.165) is 22.0 Å². The Balaban J connectivity index is 2.18. The minimum atomic E-state index is 0.0676. The second kappa shape index (κ2) is 5.50. The van der Waals surface area contributed by atoms with Crippen LogP contribution in [0.1, 0.15) is 34.7 Å². The highest BCUT2D eigenvalue weighted by molar-refractivity contribution is 7.15. The zero-order chi connectivity index (χ0) is 13.1. The molecular weight excluding hydrogens is 244 g/mol. The standard InChI is InChI=1S/C14H18N2OS/c1-9-11(3)18-14(15-9)16-10(2)13-7-5-4-6-12(13)8-17/h4-7,10,17H,8H2,1-3H3,(H,15,16). The van der Waals surface area contributed by atoms with Crippen LogP contribution in [-0.4, -0.2) is 10.1 Å². The lowest BCUT2D eigenvalue weighted by Gasteiger charge is -2.16. The van der Waals surface area contributed by atoms with Gasteiger partial charge >= 0.3 is 0 Å². The van der Waals surface area contributed by atoms with Gasteiger partial charge in [-0.2, -0.15) is 0 Å². The van der Waals surface area contributed by atoms with Crippen molar-refractivity contribution in [3.63, 3.8) is 0 Å². The van der Waals surface area contributed by atoms with E-state index >= 15 is 0 Å². The highest BCUT2D eigenvalue weighted by Gasteiger charge is 2.12. The molecule has 0 saturated carbocycles. The van der Waals surface area contributed by atoms with Crippen LogP contribution in [0, 0.1) is 13.8 Å². The smallest absolute Gasteiger partial charge is 0.183 e. The molecule has 0 aliphatic heterocycles. The van der Waals surface area contributed by atoms with Crippen molar-refractivity contribution in [2.45, 2.75) is 33.4 Å². The first-order valence-electron chi connectivity index (χ1n) is 6.01. The average molecular weight is 262 g/mol. The number of aliphatic hydroxyl groups excluding tert-OH is 1. The van der Waals surface area contributed by atoms with Crippen LogP contribution in [-0.2, 0) is 6.61 Å². The summed E-state index contributed by atoms with van der Waals surface area (Å²) >= 11 is 1.67. The molecule has 2 aromatic rings. The monoisotopic (exact) mass is 262 g/mol. The number of aliphatic hydroxyl groups is 1. The van der Waals surface area contributed by atoms with Gasteiger partial charge in [-0.25, -0.2) is 4.98 Å². The van der Waals surface area contributed by atoms with Crippen molar-refractivity contribution >= 4 is 16.5 Å². The lowest BCUT2D eigenvalue weighted by Crippen LogP contribution is -2.09. The number of thiazole rings is 1. The summed E-state index contributed by atoms with van der Waals surface area (Å²) in [5.74, 6) is 0. The Morgan fingerprint density at radius 1 is 1.33 bits per heavy atom. The Bertz CT molecular complexity index is 517. The fourth-order valence-electron chi connectivity index (χ4n) is 1.90. The largest absolute Gasteiger partial charge is 0.392 e. The molecule has 4 heteroatoms. The van der Waals surface area contributed by atoms with Gasteiger partial charge in [-0.15, -0.1) is 11.3 Å². The maximum atomic E-state index is 9.34. The summed E-state index contributed by atoms with van der Waals surface area (Å²) in [5.41, 5.74) is 3.15. The molecule has 0 fully saturated rings. The van der Waals surface area contributed by atoms with E-state index in [9.17, 15) is 5.11 Å². The van der Waals surface area contributed by atoms with Crippen molar-refractivity contribution in [1.82, 2.24) is 4.98 Å². The maximum Gasteiger partial charge on any atom is 0.183 e. The van der Waals surface area contributed by atoms with E-state index in [2.05, 4.69) is 24.1 Å². The third kappa shape index (κ3) is 2.71. The molecule has 3 nitrogen and oxygen atoms in total. The molecule has 0 aliphatic rings. The molecule has 96 valence electrons. The second-order valence-corrected chi connectivity index (χ2v) is 5.59. The van der Waals surface area contributed by atoms with E-state index in [4.69, 9.17) is 0 Å². The topological polar surface area (TPSA) is 45.2 Å². The quantitative estimate of drug-likeness (QED) is 0.887. The Morgan fingerprint density at radius 3 is 2.67 bits per heavy atom. The molecule has 0 aliphatic carbocycles. The molecule has 1 atom stereocenters. The number of nitrogens with one attached hydrogen (secondary N) is 1. The van der Waals surface area contributed by atoms with Gasteiger partial charge in [0.1, 0.15) is 0 Å². The first-order chi connectivity index (χ1) is 8.61. The number of rotatable bonds is 4. The Hall–Kier alpha value is -1.39. The van der Waals surface area contributed by atoms with Crippen molar-refractivity contribution < 1.29 is 5.11 Å². The summed E-state index contributed by atoms with van der Waals surface area (Å²) in [7, 11) is 0. The van der Waals surface area contributed by atoms with Crippen molar-refractivity contribution in [3.05, 3.63) is 46.0 Å². The van der Waals surface area contributed by atoms with Gasteiger partial charge in [0, 0.05) is 4.88 Å². The molecule has 0 spiro atoms. The lowest BCUT2D eigenvalue weighted by molar-refractivity contribution is 0.280. The van der Waals surface area contributed by atoms with E-state index in [1.54, 1.807) is 11.3 Å². The highest BCUT2D eigenvalue weighted by atomic mass is 32.1. The van der Waals surface area contributed by atoms with Crippen molar-refractivity contribution in [2.75, 3.05) is 5.32 Å². The molecule has 0 radical (unpaired) electrons. The molecule has 1 unspecified atom stereocenters. The molecule has 1 aromatic carbocycles. The summed E-state index contributed by atoms with van der Waals surface area (Å²) in [6, 6.07) is 8.06. The number of hydrogen-bond acceptors (Lipinski definition) is 4. The zero-order valence-corrected chi connectivity index (χ0v) is 11.7. The highest BCUT2D eigenvalue weighted by Crippen LogP contribution is 2.27. The first kappa shape index (κ1) is 13.1. The summed E-state index contributed by atoms with van der Waals surface area (Å²) in [6.45, 7) is 6.24. The Morgan fingerprint density at radius 2 is 2.06 bits per heavy atom. The van der Waals surface area contributed by atoms with Gasteiger partial charge in [-0.1, -0.05) is 24.3 Å². The fraction of sp³-hybridized carbons (Fsp3) is 0.357. The minimum absolute atomic E-state index is 0.0676. The number of aryl methyl sites for hydroxylation is 2. The minimum Gasteiger partial charge on any atom is -0.392 e. The van der Waals surface area contributed by atoms with Crippen molar-refractivity contribution in [2.24, 2.45) is 0 Å². The predicted octanol–water partition coefficient (Wildman–Crippen LogP) is 3.43. The van der Waals surface area contributed by atoms with E-state index in [0.29, 0.717) is 0 Å². The summed E-state index contributed by atoms with van der Waals surface area (Å²) in [5, 5.41) is 13.7. The number of aromatic nitrogens is 1. The molecule has 0 saturated heterocycles. The number of anilines is 1. The summed E-state index contributed by atoms with van der Waals surface area (Å²) in [6.07, 6.45) is 0. The normalized spacial score (nSPS) is 12.4. The molecule has 0 bridgehead atoms. The average Bonchev–Trinajstić information content (AvgIpc) is 2.68. The third-order valence-corrected chi connectivity index (χ3v) is 4.06. The zero-order valence-electron chi connectivity index (χ0n) is 10.9. The van der Waals surface area contributed by atoms with Crippen LogP contribution >= 0.6 is 11.3 Å².